The molecular weight excluding hydrogens is 202 g/mol. The van der Waals surface area contributed by atoms with Crippen LogP contribution < -0.4 is 0 Å². The number of allylic oxidation sites excluding steroid dienone is 1. The van der Waals surface area contributed by atoms with Crippen LogP contribution in [-0.4, -0.2) is 18.5 Å². The van der Waals surface area contributed by atoms with Gasteiger partial charge in [-0.15, -0.1) is 0 Å². The zero-order valence-corrected chi connectivity index (χ0v) is 9.98. The van der Waals surface area contributed by atoms with Crippen LogP contribution in [0.5, 0.6) is 0 Å². The zero-order chi connectivity index (χ0) is 12.0. The Hall–Kier alpha value is -1.14. The monoisotopic (exact) mass is 221 g/mol. The summed E-state index contributed by atoms with van der Waals surface area (Å²) in [5, 5.41) is 8.59. The van der Waals surface area contributed by atoms with E-state index in [1.165, 1.54) is 0 Å². The summed E-state index contributed by atoms with van der Waals surface area (Å²) in [5.41, 5.74) is 0. The van der Waals surface area contributed by atoms with Crippen molar-refractivity contribution in [3.63, 3.8) is 0 Å². The minimum atomic E-state index is 0.0128. The predicted octanol–water partition coefficient (Wildman–Crippen LogP) is 2.48. The molecule has 3 nitrogen and oxygen atoms in total. The predicted molar refractivity (Wildman–Crippen MR) is 61.7 cm³/mol. The van der Waals surface area contributed by atoms with Crippen LogP contribution in [0.15, 0.2) is 12.2 Å². The summed E-state index contributed by atoms with van der Waals surface area (Å²) >= 11 is 0. The molecule has 88 valence electrons. The topological polar surface area (TPSA) is 50.1 Å². The van der Waals surface area contributed by atoms with Gasteiger partial charge in [-0.25, -0.2) is 0 Å². The quantitative estimate of drug-likeness (QED) is 0.670. The molecule has 16 heavy (non-hydrogen) atoms. The summed E-state index contributed by atoms with van der Waals surface area (Å²) in [7, 11) is 0. The Morgan fingerprint density at radius 3 is 3.00 bits per heavy atom. The Kier molecular flexibility index (Phi) is 5.21. The summed E-state index contributed by atoms with van der Waals surface area (Å²) in [6, 6.07) is 2.17. The molecule has 0 N–H and O–H groups in total. The summed E-state index contributed by atoms with van der Waals surface area (Å²) in [6.45, 7) is 4.71. The van der Waals surface area contributed by atoms with Gasteiger partial charge in [0.1, 0.15) is 0 Å². The summed E-state index contributed by atoms with van der Waals surface area (Å²) in [4.78, 5) is 11.2. The summed E-state index contributed by atoms with van der Waals surface area (Å²) < 4.78 is 5.62. The number of hydrogen-bond acceptors (Lipinski definition) is 3. The number of nitriles is 1. The number of nitrogens with zero attached hydrogens (tertiary/aromatic N) is 1. The minimum Gasteiger partial charge on any atom is -0.374 e. The highest BCUT2D eigenvalue weighted by atomic mass is 16.5. The Labute approximate surface area is 97.1 Å². The van der Waals surface area contributed by atoms with Crippen molar-refractivity contribution in [3.05, 3.63) is 12.2 Å². The molecule has 3 atom stereocenters. The molecule has 0 aromatic heterocycles. The SMILES string of the molecule is CCC(=O)/C=C/[C@H]1OC[C@H](C)[C@@H]1CCC#N. The van der Waals surface area contributed by atoms with Crippen LogP contribution in [0.4, 0.5) is 0 Å². The fourth-order valence-electron chi connectivity index (χ4n) is 2.03. The molecule has 0 saturated carbocycles. The Morgan fingerprint density at radius 2 is 2.38 bits per heavy atom. The van der Waals surface area contributed by atoms with E-state index in [2.05, 4.69) is 13.0 Å². The van der Waals surface area contributed by atoms with Crippen LogP contribution in [0.25, 0.3) is 0 Å². The zero-order valence-electron chi connectivity index (χ0n) is 9.98. The first-order valence-corrected chi connectivity index (χ1v) is 5.88. The van der Waals surface area contributed by atoms with E-state index in [1.807, 2.05) is 13.0 Å². The van der Waals surface area contributed by atoms with Crippen molar-refractivity contribution in [3.8, 4) is 6.07 Å². The number of carbonyl (C=O) groups is 1. The van der Waals surface area contributed by atoms with Gasteiger partial charge in [-0.2, -0.15) is 5.26 Å². The Morgan fingerprint density at radius 1 is 1.62 bits per heavy atom. The summed E-state index contributed by atoms with van der Waals surface area (Å²) in [5.74, 6) is 0.975. The van der Waals surface area contributed by atoms with Crippen molar-refractivity contribution in [1.82, 2.24) is 0 Å². The summed E-state index contributed by atoms with van der Waals surface area (Å²) in [6.07, 6.45) is 5.43. The average molecular weight is 221 g/mol. The van der Waals surface area contributed by atoms with Gasteiger partial charge in [0.25, 0.3) is 0 Å². The van der Waals surface area contributed by atoms with Gasteiger partial charge in [-0.1, -0.05) is 19.9 Å². The van der Waals surface area contributed by atoms with Crippen molar-refractivity contribution in [2.24, 2.45) is 11.8 Å². The van der Waals surface area contributed by atoms with Gasteiger partial charge in [0.15, 0.2) is 5.78 Å². The fraction of sp³-hybridized carbons (Fsp3) is 0.692. The second-order valence-corrected chi connectivity index (χ2v) is 4.31. The second kappa shape index (κ2) is 6.44. The molecule has 0 aromatic carbocycles. The van der Waals surface area contributed by atoms with E-state index in [1.54, 1.807) is 6.08 Å². The van der Waals surface area contributed by atoms with E-state index in [0.29, 0.717) is 24.7 Å². The number of hydrogen-bond donors (Lipinski definition) is 0. The highest BCUT2D eigenvalue weighted by Gasteiger charge is 2.32. The lowest BCUT2D eigenvalue weighted by molar-refractivity contribution is -0.114. The van der Waals surface area contributed by atoms with Gasteiger partial charge in [0.05, 0.1) is 18.8 Å². The third-order valence-corrected chi connectivity index (χ3v) is 3.11. The van der Waals surface area contributed by atoms with Crippen LogP contribution >= 0.6 is 0 Å². The maximum atomic E-state index is 11.2. The van der Waals surface area contributed by atoms with E-state index in [-0.39, 0.29) is 11.9 Å². The average Bonchev–Trinajstić information content (AvgIpc) is 2.64. The molecule has 3 heteroatoms. The third-order valence-electron chi connectivity index (χ3n) is 3.11. The van der Waals surface area contributed by atoms with Gasteiger partial charge >= 0.3 is 0 Å². The maximum Gasteiger partial charge on any atom is 0.155 e. The molecule has 1 aliphatic rings. The van der Waals surface area contributed by atoms with Crippen molar-refractivity contribution >= 4 is 5.78 Å². The van der Waals surface area contributed by atoms with Gasteiger partial charge < -0.3 is 4.74 Å². The standard InChI is InChI=1S/C13H19NO2/c1-3-11(15)6-7-13-12(5-4-8-14)10(2)9-16-13/h6-7,10,12-13H,3-5,9H2,1-2H3/b7-6+/t10-,12-,13+/m0/s1. The molecule has 0 amide bonds. The lowest BCUT2D eigenvalue weighted by Crippen LogP contribution is -2.17. The molecule has 0 aliphatic carbocycles. The molecule has 0 bridgehead atoms. The number of ketones is 1. The second-order valence-electron chi connectivity index (χ2n) is 4.31. The first-order chi connectivity index (χ1) is 7.69. The van der Waals surface area contributed by atoms with E-state index in [9.17, 15) is 4.79 Å². The largest absolute Gasteiger partial charge is 0.374 e. The lowest BCUT2D eigenvalue weighted by Gasteiger charge is -2.16. The van der Waals surface area contributed by atoms with Gasteiger partial charge in [-0.3, -0.25) is 4.79 Å². The highest BCUT2D eigenvalue weighted by molar-refractivity contribution is 5.89. The molecule has 1 rings (SSSR count). The van der Waals surface area contributed by atoms with E-state index in [0.717, 1.165) is 13.0 Å². The van der Waals surface area contributed by atoms with Crippen LogP contribution in [0.1, 0.15) is 33.1 Å². The van der Waals surface area contributed by atoms with E-state index >= 15 is 0 Å². The Balaban J connectivity index is 2.55. The molecule has 0 radical (unpaired) electrons. The molecule has 1 fully saturated rings. The Bertz CT molecular complexity index is 304. The van der Waals surface area contributed by atoms with Crippen molar-refractivity contribution in [1.29, 1.82) is 5.26 Å². The highest BCUT2D eigenvalue weighted by Crippen LogP contribution is 2.31. The normalized spacial score (nSPS) is 29.4. The lowest BCUT2D eigenvalue weighted by atomic mass is 9.88. The number of ether oxygens (including phenoxy) is 1. The van der Waals surface area contributed by atoms with Gasteiger partial charge in [0.2, 0.25) is 0 Å². The maximum absolute atomic E-state index is 11.2. The molecule has 1 saturated heterocycles. The molecular formula is C13H19NO2. The molecule has 0 unspecified atom stereocenters. The van der Waals surface area contributed by atoms with E-state index in [4.69, 9.17) is 10.00 Å². The molecule has 0 spiro atoms. The molecule has 1 heterocycles. The number of rotatable bonds is 5. The smallest absolute Gasteiger partial charge is 0.155 e. The number of carbonyl (C=O) groups excluding carboxylic acids is 1. The third kappa shape index (κ3) is 3.46. The van der Waals surface area contributed by atoms with Crippen LogP contribution in [0.2, 0.25) is 0 Å². The van der Waals surface area contributed by atoms with Crippen molar-refractivity contribution in [2.75, 3.05) is 6.61 Å². The fourth-order valence-corrected chi connectivity index (χ4v) is 2.03. The first kappa shape index (κ1) is 12.9. The van der Waals surface area contributed by atoms with E-state index < -0.39 is 0 Å². The van der Waals surface area contributed by atoms with Gasteiger partial charge in [-0.05, 0) is 24.3 Å². The molecule has 1 aliphatic heterocycles. The van der Waals surface area contributed by atoms with Crippen molar-refractivity contribution < 1.29 is 9.53 Å². The van der Waals surface area contributed by atoms with Crippen LogP contribution in [0.3, 0.4) is 0 Å². The first-order valence-electron chi connectivity index (χ1n) is 5.88. The minimum absolute atomic E-state index is 0.0128. The molecule has 0 aromatic rings. The van der Waals surface area contributed by atoms with Gasteiger partial charge in [0, 0.05) is 12.8 Å². The van der Waals surface area contributed by atoms with Crippen LogP contribution in [-0.2, 0) is 9.53 Å². The van der Waals surface area contributed by atoms with Crippen molar-refractivity contribution in [2.45, 2.75) is 39.2 Å². The van der Waals surface area contributed by atoms with Crippen LogP contribution in [0, 0.1) is 23.2 Å².